The zero-order valence-electron chi connectivity index (χ0n) is 21.9. The number of thiocarbonyl (C=S) groups is 1. The van der Waals surface area contributed by atoms with Crippen LogP contribution in [-0.4, -0.2) is 43.9 Å². The van der Waals surface area contributed by atoms with Crippen LogP contribution >= 0.6 is 24.0 Å². The smallest absolute Gasteiger partial charge is 0.270 e. The van der Waals surface area contributed by atoms with Crippen LogP contribution in [-0.2, 0) is 9.59 Å². The maximum Gasteiger partial charge on any atom is 0.270 e. The van der Waals surface area contributed by atoms with Crippen LogP contribution in [0, 0.1) is 13.8 Å². The second-order valence-electron chi connectivity index (χ2n) is 9.05. The lowest BCUT2D eigenvalue weighted by Gasteiger charge is -2.17. The molecule has 0 spiro atoms. The van der Waals surface area contributed by atoms with Gasteiger partial charge in [-0.1, -0.05) is 36.1 Å². The van der Waals surface area contributed by atoms with Crippen molar-refractivity contribution in [3.05, 3.63) is 82.3 Å². The van der Waals surface area contributed by atoms with Crippen molar-refractivity contribution in [1.29, 1.82) is 0 Å². The van der Waals surface area contributed by atoms with E-state index in [9.17, 15) is 9.59 Å². The molecule has 0 aliphatic carbocycles. The Labute approximate surface area is 232 Å². The number of rotatable bonds is 8. The highest BCUT2D eigenvalue weighted by Crippen LogP contribution is 2.37. The number of amides is 2. The van der Waals surface area contributed by atoms with Crippen molar-refractivity contribution in [3.8, 4) is 11.5 Å². The molecule has 1 heterocycles. The van der Waals surface area contributed by atoms with Gasteiger partial charge in [0.2, 0.25) is 0 Å². The molecule has 1 fully saturated rings. The van der Waals surface area contributed by atoms with Gasteiger partial charge in [0, 0.05) is 25.5 Å². The number of hydrogen-bond donors (Lipinski definition) is 1. The third kappa shape index (κ3) is 6.35. The Hall–Kier alpha value is -3.82. The van der Waals surface area contributed by atoms with Crippen molar-refractivity contribution in [1.82, 2.24) is 0 Å². The number of nitrogens with one attached hydrogen (secondary N) is 1. The molecule has 0 unspecified atom stereocenters. The van der Waals surface area contributed by atoms with E-state index in [0.717, 1.165) is 33.8 Å². The number of carbonyl (C=O) groups is 2. The van der Waals surface area contributed by atoms with Crippen molar-refractivity contribution in [2.45, 2.75) is 13.8 Å². The molecule has 3 aromatic rings. The summed E-state index contributed by atoms with van der Waals surface area (Å²) in [6.07, 6.45) is 1.77. The standard InChI is InChI=1S/C29H29N3O4S2/c1-18-12-19(2)14-21(13-18)30-27(33)17-36-24-11-6-20(15-25(24)35-5)16-26-28(34)32(29(37)38-26)23-9-7-22(8-10-23)31(3)4/h6-16H,17H2,1-5H3,(H,30,33)/b26-16-. The van der Waals surface area contributed by atoms with E-state index in [0.29, 0.717) is 20.7 Å². The third-order valence-corrected chi connectivity index (χ3v) is 7.07. The highest BCUT2D eigenvalue weighted by Gasteiger charge is 2.33. The number of aryl methyl sites for hydroxylation is 2. The van der Waals surface area contributed by atoms with Crippen LogP contribution in [0.5, 0.6) is 11.5 Å². The van der Waals surface area contributed by atoms with E-state index < -0.39 is 0 Å². The predicted octanol–water partition coefficient (Wildman–Crippen LogP) is 5.80. The Balaban J connectivity index is 1.44. The predicted molar refractivity (Wildman–Crippen MR) is 159 cm³/mol. The van der Waals surface area contributed by atoms with E-state index in [1.54, 1.807) is 24.3 Å². The molecule has 38 heavy (non-hydrogen) atoms. The largest absolute Gasteiger partial charge is 0.493 e. The molecular weight excluding hydrogens is 518 g/mol. The van der Waals surface area contributed by atoms with Crippen molar-refractivity contribution in [2.75, 3.05) is 42.9 Å². The minimum absolute atomic E-state index is 0.173. The fraction of sp³-hybridized carbons (Fsp3) is 0.207. The lowest BCUT2D eigenvalue weighted by Crippen LogP contribution is -2.27. The molecule has 1 saturated heterocycles. The topological polar surface area (TPSA) is 71.1 Å². The molecule has 4 rings (SSSR count). The minimum atomic E-state index is -0.275. The number of benzene rings is 3. The lowest BCUT2D eigenvalue weighted by atomic mass is 10.1. The van der Waals surface area contributed by atoms with Crippen molar-refractivity contribution < 1.29 is 19.1 Å². The zero-order valence-corrected chi connectivity index (χ0v) is 23.5. The Morgan fingerprint density at radius 1 is 1.03 bits per heavy atom. The SMILES string of the molecule is COc1cc(/C=C2\SC(=S)N(c3ccc(N(C)C)cc3)C2=O)ccc1OCC(=O)Nc1cc(C)cc(C)c1. The van der Waals surface area contributed by atoms with Crippen LogP contribution in [0.2, 0.25) is 0 Å². The number of nitrogens with zero attached hydrogens (tertiary/aromatic N) is 2. The fourth-order valence-corrected chi connectivity index (χ4v) is 5.32. The van der Waals surface area contributed by atoms with Crippen LogP contribution in [0.15, 0.2) is 65.6 Å². The van der Waals surface area contributed by atoms with Gasteiger partial charge in [0.05, 0.1) is 17.7 Å². The molecule has 1 aliphatic rings. The van der Waals surface area contributed by atoms with Gasteiger partial charge in [-0.2, -0.15) is 0 Å². The molecule has 9 heteroatoms. The molecular formula is C29H29N3O4S2. The number of carbonyl (C=O) groups excluding carboxylic acids is 2. The highest BCUT2D eigenvalue weighted by atomic mass is 32.2. The molecule has 3 aromatic carbocycles. The second kappa shape index (κ2) is 11.7. The fourth-order valence-electron chi connectivity index (χ4n) is 4.02. The summed E-state index contributed by atoms with van der Waals surface area (Å²) in [4.78, 5) is 29.6. The lowest BCUT2D eigenvalue weighted by molar-refractivity contribution is -0.118. The molecule has 0 atom stereocenters. The Kier molecular flexibility index (Phi) is 8.38. The summed E-state index contributed by atoms with van der Waals surface area (Å²) in [7, 11) is 5.45. The van der Waals surface area contributed by atoms with Crippen molar-refractivity contribution >= 4 is 63.3 Å². The highest BCUT2D eigenvalue weighted by molar-refractivity contribution is 8.27. The van der Waals surface area contributed by atoms with E-state index in [1.165, 1.54) is 23.8 Å². The Morgan fingerprint density at radius 2 is 1.71 bits per heavy atom. The maximum absolute atomic E-state index is 13.2. The van der Waals surface area contributed by atoms with Gasteiger partial charge in [-0.15, -0.1) is 0 Å². The number of hydrogen-bond acceptors (Lipinski definition) is 7. The Bertz CT molecular complexity index is 1400. The first-order valence-corrected chi connectivity index (χ1v) is 13.1. The van der Waals surface area contributed by atoms with Gasteiger partial charge < -0.3 is 19.7 Å². The van der Waals surface area contributed by atoms with E-state index in [1.807, 2.05) is 75.3 Å². The van der Waals surface area contributed by atoms with Gasteiger partial charge in [0.15, 0.2) is 22.4 Å². The second-order valence-corrected chi connectivity index (χ2v) is 10.7. The van der Waals surface area contributed by atoms with E-state index >= 15 is 0 Å². The number of ether oxygens (including phenoxy) is 2. The summed E-state index contributed by atoms with van der Waals surface area (Å²) in [6.45, 7) is 3.78. The molecule has 1 aliphatic heterocycles. The summed E-state index contributed by atoms with van der Waals surface area (Å²) in [5.74, 6) is 0.421. The van der Waals surface area contributed by atoms with Crippen molar-refractivity contribution in [3.63, 3.8) is 0 Å². The number of methoxy groups -OCH3 is 1. The first kappa shape index (κ1) is 27.2. The normalized spacial score (nSPS) is 14.1. The molecule has 1 N–H and O–H groups in total. The van der Waals surface area contributed by atoms with E-state index in [-0.39, 0.29) is 18.4 Å². The third-order valence-electron chi connectivity index (χ3n) is 5.77. The molecule has 0 aromatic heterocycles. The van der Waals surface area contributed by atoms with Crippen molar-refractivity contribution in [2.24, 2.45) is 0 Å². The molecule has 0 saturated carbocycles. The first-order chi connectivity index (χ1) is 18.1. The van der Waals surface area contributed by atoms with Gasteiger partial charge in [-0.25, -0.2) is 0 Å². The summed E-state index contributed by atoms with van der Waals surface area (Å²) < 4.78 is 11.7. The summed E-state index contributed by atoms with van der Waals surface area (Å²) in [5, 5.41) is 2.85. The first-order valence-electron chi connectivity index (χ1n) is 11.9. The average Bonchev–Trinajstić information content (AvgIpc) is 3.14. The van der Waals surface area contributed by atoms with E-state index in [4.69, 9.17) is 21.7 Å². The van der Waals surface area contributed by atoms with Crippen LogP contribution in [0.1, 0.15) is 16.7 Å². The zero-order chi connectivity index (χ0) is 27.4. The maximum atomic E-state index is 13.2. The molecule has 196 valence electrons. The van der Waals surface area contributed by atoms with Crippen LogP contribution in [0.25, 0.3) is 6.08 Å². The van der Waals surface area contributed by atoms with Gasteiger partial charge in [-0.3, -0.25) is 14.5 Å². The Morgan fingerprint density at radius 3 is 2.34 bits per heavy atom. The summed E-state index contributed by atoms with van der Waals surface area (Å²) in [6, 6.07) is 18.8. The molecule has 0 bridgehead atoms. The molecule has 2 amide bonds. The van der Waals surface area contributed by atoms with E-state index in [2.05, 4.69) is 5.32 Å². The van der Waals surface area contributed by atoms with Gasteiger partial charge >= 0.3 is 0 Å². The quantitative estimate of drug-likeness (QED) is 0.282. The van der Waals surface area contributed by atoms with Crippen LogP contribution < -0.4 is 24.6 Å². The summed E-state index contributed by atoms with van der Waals surface area (Å²) in [5.41, 5.74) is 5.37. The minimum Gasteiger partial charge on any atom is -0.493 e. The average molecular weight is 548 g/mol. The van der Waals surface area contributed by atoms with Crippen LogP contribution in [0.4, 0.5) is 17.1 Å². The summed E-state index contributed by atoms with van der Waals surface area (Å²) >= 11 is 6.75. The van der Waals surface area contributed by atoms with Crippen LogP contribution in [0.3, 0.4) is 0 Å². The van der Waals surface area contributed by atoms with Gasteiger partial charge in [0.25, 0.3) is 11.8 Å². The molecule has 7 nitrogen and oxygen atoms in total. The molecule has 0 radical (unpaired) electrons. The number of thioether (sulfide) groups is 1. The van der Waals surface area contributed by atoms with Gasteiger partial charge in [-0.05, 0) is 85.1 Å². The van der Waals surface area contributed by atoms with Gasteiger partial charge in [0.1, 0.15) is 0 Å². The number of anilines is 3. The monoisotopic (exact) mass is 547 g/mol.